The van der Waals surface area contributed by atoms with Gasteiger partial charge in [0.15, 0.2) is 0 Å². The van der Waals surface area contributed by atoms with Gasteiger partial charge >= 0.3 is 0 Å². The van der Waals surface area contributed by atoms with Crippen molar-refractivity contribution in [2.45, 2.75) is 25.7 Å². The number of aromatic amines is 1. The fourth-order valence-electron chi connectivity index (χ4n) is 3.41. The molecular weight excluding hydrogens is 354 g/mol. The highest BCUT2D eigenvalue weighted by Gasteiger charge is 2.31. The predicted octanol–water partition coefficient (Wildman–Crippen LogP) is 3.70. The third-order valence-electron chi connectivity index (χ3n) is 4.75. The molecule has 1 amide bonds. The summed E-state index contributed by atoms with van der Waals surface area (Å²) in [5.41, 5.74) is 1.93. The Labute approximate surface area is 162 Å². The van der Waals surface area contributed by atoms with E-state index in [0.29, 0.717) is 23.8 Å². The lowest BCUT2D eigenvalue weighted by Gasteiger charge is -2.24. The summed E-state index contributed by atoms with van der Waals surface area (Å²) in [6.45, 7) is 2.70. The molecule has 4 rings (SSSR count). The first-order valence-corrected chi connectivity index (χ1v) is 9.38. The van der Waals surface area contributed by atoms with Crippen LogP contribution >= 0.6 is 0 Å². The zero-order chi connectivity index (χ0) is 19.5. The van der Waals surface area contributed by atoms with Gasteiger partial charge in [-0.05, 0) is 24.1 Å². The molecular formula is C22H21N3O3. The number of carbonyl (C=O) groups is 1. The SMILES string of the molecule is CCCOc1ccc(C2CC(=O)Nc3nc(-c4ccccc4)[nH]c(=O)c32)cc1. The van der Waals surface area contributed by atoms with Crippen LogP contribution in [0.5, 0.6) is 5.75 Å². The van der Waals surface area contributed by atoms with Crippen LogP contribution in [0.4, 0.5) is 5.82 Å². The summed E-state index contributed by atoms with van der Waals surface area (Å²) in [5.74, 6) is 1.05. The van der Waals surface area contributed by atoms with E-state index in [2.05, 4.69) is 22.2 Å². The van der Waals surface area contributed by atoms with E-state index < -0.39 is 0 Å². The lowest BCUT2D eigenvalue weighted by atomic mass is 9.87. The number of rotatable bonds is 5. The number of nitrogens with zero attached hydrogens (tertiary/aromatic N) is 1. The molecule has 1 unspecified atom stereocenters. The number of amides is 1. The van der Waals surface area contributed by atoms with E-state index in [0.717, 1.165) is 23.3 Å². The molecule has 0 saturated heterocycles. The second-order valence-electron chi connectivity index (χ2n) is 6.77. The Morgan fingerprint density at radius 1 is 1.07 bits per heavy atom. The van der Waals surface area contributed by atoms with Crippen LogP contribution in [0.1, 0.15) is 36.8 Å². The number of H-pyrrole nitrogens is 1. The first kappa shape index (κ1) is 18.0. The number of hydrogen-bond acceptors (Lipinski definition) is 4. The summed E-state index contributed by atoms with van der Waals surface area (Å²) in [5, 5.41) is 2.76. The van der Waals surface area contributed by atoms with Crippen LogP contribution in [0.25, 0.3) is 11.4 Å². The molecule has 0 bridgehead atoms. The van der Waals surface area contributed by atoms with Gasteiger partial charge in [0.1, 0.15) is 17.4 Å². The third-order valence-corrected chi connectivity index (χ3v) is 4.75. The van der Waals surface area contributed by atoms with Crippen LogP contribution in [-0.4, -0.2) is 22.5 Å². The highest BCUT2D eigenvalue weighted by Crippen LogP contribution is 2.35. The Morgan fingerprint density at radius 2 is 1.82 bits per heavy atom. The van der Waals surface area contributed by atoms with Crippen LogP contribution in [0.3, 0.4) is 0 Å². The van der Waals surface area contributed by atoms with Gasteiger partial charge in [-0.2, -0.15) is 0 Å². The maximum Gasteiger partial charge on any atom is 0.257 e. The van der Waals surface area contributed by atoms with Gasteiger partial charge in [0.2, 0.25) is 5.91 Å². The van der Waals surface area contributed by atoms with Crippen LogP contribution in [0.15, 0.2) is 59.4 Å². The van der Waals surface area contributed by atoms with Crippen LogP contribution < -0.4 is 15.6 Å². The van der Waals surface area contributed by atoms with Crippen molar-refractivity contribution in [3.63, 3.8) is 0 Å². The number of aromatic nitrogens is 2. The van der Waals surface area contributed by atoms with E-state index in [1.807, 2.05) is 54.6 Å². The van der Waals surface area contributed by atoms with Gasteiger partial charge in [0.25, 0.3) is 5.56 Å². The highest BCUT2D eigenvalue weighted by molar-refractivity contribution is 5.94. The Morgan fingerprint density at radius 3 is 2.54 bits per heavy atom. The number of fused-ring (bicyclic) bond motifs is 1. The lowest BCUT2D eigenvalue weighted by Crippen LogP contribution is -2.31. The van der Waals surface area contributed by atoms with E-state index in [1.165, 1.54) is 0 Å². The zero-order valence-corrected chi connectivity index (χ0v) is 15.6. The molecule has 2 heterocycles. The van der Waals surface area contributed by atoms with Crippen molar-refractivity contribution in [1.29, 1.82) is 0 Å². The van der Waals surface area contributed by atoms with Crippen LogP contribution in [-0.2, 0) is 4.79 Å². The molecule has 28 heavy (non-hydrogen) atoms. The quantitative estimate of drug-likeness (QED) is 0.712. The number of carbonyl (C=O) groups excluding carboxylic acids is 1. The van der Waals surface area contributed by atoms with Crippen LogP contribution in [0, 0.1) is 0 Å². The Hall–Kier alpha value is -3.41. The van der Waals surface area contributed by atoms with E-state index >= 15 is 0 Å². The van der Waals surface area contributed by atoms with E-state index in [4.69, 9.17) is 4.74 Å². The highest BCUT2D eigenvalue weighted by atomic mass is 16.5. The van der Waals surface area contributed by atoms with Crippen molar-refractivity contribution in [3.8, 4) is 17.1 Å². The summed E-state index contributed by atoms with van der Waals surface area (Å²) < 4.78 is 5.62. The van der Waals surface area contributed by atoms with Gasteiger partial charge < -0.3 is 15.0 Å². The van der Waals surface area contributed by atoms with Gasteiger partial charge in [-0.1, -0.05) is 49.4 Å². The van der Waals surface area contributed by atoms with Gasteiger partial charge in [-0.15, -0.1) is 0 Å². The predicted molar refractivity (Wildman–Crippen MR) is 108 cm³/mol. The molecule has 142 valence electrons. The van der Waals surface area contributed by atoms with E-state index in [-0.39, 0.29) is 23.8 Å². The third kappa shape index (κ3) is 3.53. The topological polar surface area (TPSA) is 84.1 Å². The fourth-order valence-corrected chi connectivity index (χ4v) is 3.41. The maximum atomic E-state index is 12.9. The minimum Gasteiger partial charge on any atom is -0.494 e. The summed E-state index contributed by atoms with van der Waals surface area (Å²) in [6.07, 6.45) is 1.14. The number of ether oxygens (including phenoxy) is 1. The fraction of sp³-hybridized carbons (Fsp3) is 0.227. The first-order valence-electron chi connectivity index (χ1n) is 9.38. The lowest BCUT2D eigenvalue weighted by molar-refractivity contribution is -0.116. The van der Waals surface area contributed by atoms with Crippen molar-refractivity contribution in [1.82, 2.24) is 9.97 Å². The zero-order valence-electron chi connectivity index (χ0n) is 15.6. The Bertz CT molecular complexity index is 1040. The molecule has 2 N–H and O–H groups in total. The number of hydrogen-bond donors (Lipinski definition) is 2. The molecule has 1 atom stereocenters. The van der Waals surface area contributed by atoms with Crippen LogP contribution in [0.2, 0.25) is 0 Å². The standard InChI is InChI=1S/C22H21N3O3/c1-2-12-28-16-10-8-14(9-11-16)17-13-18(26)23-21-19(17)22(27)25-20(24-21)15-6-4-3-5-7-15/h3-11,17H,2,12-13H2,1H3,(H2,23,24,25,26,27). The number of benzene rings is 2. The van der Waals surface area contributed by atoms with Crippen molar-refractivity contribution < 1.29 is 9.53 Å². The molecule has 2 aromatic carbocycles. The van der Waals surface area contributed by atoms with E-state index in [1.54, 1.807) is 0 Å². The summed E-state index contributed by atoms with van der Waals surface area (Å²) in [7, 11) is 0. The maximum absolute atomic E-state index is 12.9. The molecule has 1 aliphatic rings. The van der Waals surface area contributed by atoms with Gasteiger partial charge in [0, 0.05) is 17.9 Å². The van der Waals surface area contributed by atoms with Gasteiger partial charge in [-0.3, -0.25) is 9.59 Å². The van der Waals surface area contributed by atoms with Crippen molar-refractivity contribution in [2.75, 3.05) is 11.9 Å². The molecule has 0 spiro atoms. The van der Waals surface area contributed by atoms with Gasteiger partial charge in [0.05, 0.1) is 12.2 Å². The minimum absolute atomic E-state index is 0.152. The minimum atomic E-state index is -0.343. The average Bonchev–Trinajstić information content (AvgIpc) is 2.72. The van der Waals surface area contributed by atoms with Gasteiger partial charge in [-0.25, -0.2) is 4.98 Å². The van der Waals surface area contributed by atoms with Crippen molar-refractivity contribution in [3.05, 3.63) is 76.1 Å². The average molecular weight is 375 g/mol. The number of anilines is 1. The first-order chi connectivity index (χ1) is 13.7. The summed E-state index contributed by atoms with van der Waals surface area (Å²) >= 11 is 0. The van der Waals surface area contributed by atoms with E-state index in [9.17, 15) is 9.59 Å². The second kappa shape index (κ2) is 7.68. The molecule has 0 saturated carbocycles. The monoisotopic (exact) mass is 375 g/mol. The molecule has 3 aromatic rings. The molecule has 0 radical (unpaired) electrons. The molecule has 1 aliphatic heterocycles. The Balaban J connectivity index is 1.73. The molecule has 0 fully saturated rings. The molecule has 6 heteroatoms. The normalized spacial score (nSPS) is 15.6. The van der Waals surface area contributed by atoms with Crippen molar-refractivity contribution >= 4 is 11.7 Å². The summed E-state index contributed by atoms with van der Waals surface area (Å²) in [4.78, 5) is 32.6. The molecule has 6 nitrogen and oxygen atoms in total. The number of nitrogens with one attached hydrogen (secondary N) is 2. The second-order valence-corrected chi connectivity index (χ2v) is 6.77. The largest absolute Gasteiger partial charge is 0.494 e. The molecule has 0 aliphatic carbocycles. The smallest absolute Gasteiger partial charge is 0.257 e. The van der Waals surface area contributed by atoms with Crippen molar-refractivity contribution in [2.24, 2.45) is 0 Å². The summed E-state index contributed by atoms with van der Waals surface area (Å²) in [6, 6.07) is 16.9. The Kier molecular flexibility index (Phi) is 4.93. The molecule has 1 aromatic heterocycles.